The Morgan fingerprint density at radius 1 is 1.32 bits per heavy atom. The third-order valence-electron chi connectivity index (χ3n) is 3.47. The van der Waals surface area contributed by atoms with E-state index in [4.69, 9.17) is 5.73 Å². The van der Waals surface area contributed by atoms with Crippen molar-refractivity contribution in [2.75, 3.05) is 6.54 Å². The van der Waals surface area contributed by atoms with Gasteiger partial charge in [-0.15, -0.1) is 11.3 Å². The van der Waals surface area contributed by atoms with Gasteiger partial charge in [-0.25, -0.2) is 4.98 Å². The average Bonchev–Trinajstić information content (AvgIpc) is 2.95. The van der Waals surface area contributed by atoms with E-state index in [0.29, 0.717) is 13.0 Å². The summed E-state index contributed by atoms with van der Waals surface area (Å²) in [4.78, 5) is 16.6. The number of carbonyl (C=O) groups excluding carboxylic acids is 1. The summed E-state index contributed by atoms with van der Waals surface area (Å²) in [6.45, 7) is 6.44. The number of hydrogen-bond acceptors (Lipinski definition) is 4. The normalized spacial score (nSPS) is 12.9. The minimum atomic E-state index is -0.497. The molecule has 118 valence electrons. The van der Waals surface area contributed by atoms with Gasteiger partial charge in [0.25, 0.3) is 0 Å². The second kappa shape index (κ2) is 7.03. The Kier molecular flexibility index (Phi) is 5.32. The van der Waals surface area contributed by atoms with Crippen LogP contribution in [0.25, 0.3) is 10.6 Å². The molecule has 0 aliphatic carbocycles. The van der Waals surface area contributed by atoms with Gasteiger partial charge in [-0.2, -0.15) is 0 Å². The zero-order chi connectivity index (χ0) is 16.2. The molecule has 0 saturated carbocycles. The number of nitrogens with two attached hydrogens (primary N) is 1. The molecule has 0 aliphatic heterocycles. The van der Waals surface area contributed by atoms with Crippen LogP contribution in [0.1, 0.15) is 26.5 Å². The molecule has 3 N–H and O–H groups in total. The van der Waals surface area contributed by atoms with E-state index in [0.717, 1.165) is 16.3 Å². The smallest absolute Gasteiger partial charge is 0.237 e. The standard InChI is InChI=1S/C17H23N3OS/c1-17(2,3)14(18)15(21)19-10-9-13-11-22-16(20-13)12-7-5-4-6-8-12/h4-8,11,14H,9-10,18H2,1-3H3,(H,19,21)/t14-/m1/s1. The molecule has 0 radical (unpaired) electrons. The summed E-state index contributed by atoms with van der Waals surface area (Å²) in [6.07, 6.45) is 0.714. The second-order valence-corrected chi connectivity index (χ2v) is 7.25. The molecule has 5 heteroatoms. The van der Waals surface area contributed by atoms with E-state index in [2.05, 4.69) is 10.3 Å². The summed E-state index contributed by atoms with van der Waals surface area (Å²) in [5.41, 5.74) is 7.81. The first-order valence-corrected chi connectivity index (χ1v) is 8.29. The fourth-order valence-electron chi connectivity index (χ4n) is 1.95. The largest absolute Gasteiger partial charge is 0.354 e. The number of rotatable bonds is 5. The van der Waals surface area contributed by atoms with E-state index in [1.54, 1.807) is 11.3 Å². The Labute approximate surface area is 135 Å². The Morgan fingerprint density at radius 2 is 2.00 bits per heavy atom. The van der Waals surface area contributed by atoms with Gasteiger partial charge in [-0.1, -0.05) is 51.1 Å². The van der Waals surface area contributed by atoms with Crippen molar-refractivity contribution in [2.45, 2.75) is 33.2 Å². The molecule has 1 aromatic carbocycles. The van der Waals surface area contributed by atoms with Crippen LogP contribution in [0.3, 0.4) is 0 Å². The zero-order valence-electron chi connectivity index (χ0n) is 13.3. The van der Waals surface area contributed by atoms with Crippen molar-refractivity contribution < 1.29 is 4.79 Å². The van der Waals surface area contributed by atoms with E-state index in [9.17, 15) is 4.79 Å². The maximum Gasteiger partial charge on any atom is 0.237 e. The maximum absolute atomic E-state index is 12.0. The lowest BCUT2D eigenvalue weighted by Crippen LogP contribution is -2.49. The highest BCUT2D eigenvalue weighted by molar-refractivity contribution is 7.13. The Morgan fingerprint density at radius 3 is 2.64 bits per heavy atom. The third-order valence-corrected chi connectivity index (χ3v) is 4.41. The van der Waals surface area contributed by atoms with Crippen molar-refractivity contribution in [3.63, 3.8) is 0 Å². The minimum Gasteiger partial charge on any atom is -0.354 e. The first-order chi connectivity index (χ1) is 10.4. The fourth-order valence-corrected chi connectivity index (χ4v) is 2.81. The fraction of sp³-hybridized carbons (Fsp3) is 0.412. The molecule has 2 rings (SSSR count). The Balaban J connectivity index is 1.86. The second-order valence-electron chi connectivity index (χ2n) is 6.39. The van der Waals surface area contributed by atoms with Gasteiger partial charge in [0.1, 0.15) is 5.01 Å². The van der Waals surface area contributed by atoms with E-state index >= 15 is 0 Å². The first kappa shape index (κ1) is 16.6. The van der Waals surface area contributed by atoms with Gasteiger partial charge in [-0.05, 0) is 5.41 Å². The number of aromatic nitrogens is 1. The zero-order valence-corrected chi connectivity index (χ0v) is 14.1. The minimum absolute atomic E-state index is 0.106. The van der Waals surface area contributed by atoms with Gasteiger partial charge in [0.15, 0.2) is 0 Å². The van der Waals surface area contributed by atoms with Crippen LogP contribution < -0.4 is 11.1 Å². The molecular formula is C17H23N3OS. The average molecular weight is 317 g/mol. The van der Waals surface area contributed by atoms with Crippen LogP contribution in [0.4, 0.5) is 0 Å². The molecule has 2 aromatic rings. The number of carbonyl (C=O) groups is 1. The molecule has 0 spiro atoms. The van der Waals surface area contributed by atoms with Crippen molar-refractivity contribution in [1.82, 2.24) is 10.3 Å². The van der Waals surface area contributed by atoms with Gasteiger partial charge in [0.2, 0.25) is 5.91 Å². The summed E-state index contributed by atoms with van der Waals surface area (Å²) >= 11 is 1.62. The molecule has 0 unspecified atom stereocenters. The van der Waals surface area contributed by atoms with Crippen LogP contribution in [-0.2, 0) is 11.2 Å². The van der Waals surface area contributed by atoms with Gasteiger partial charge >= 0.3 is 0 Å². The van der Waals surface area contributed by atoms with Crippen LogP contribution >= 0.6 is 11.3 Å². The molecule has 22 heavy (non-hydrogen) atoms. The van der Waals surface area contributed by atoms with E-state index < -0.39 is 6.04 Å². The van der Waals surface area contributed by atoms with Gasteiger partial charge < -0.3 is 11.1 Å². The van der Waals surface area contributed by atoms with Crippen molar-refractivity contribution in [1.29, 1.82) is 0 Å². The van der Waals surface area contributed by atoms with Crippen molar-refractivity contribution in [2.24, 2.45) is 11.1 Å². The summed E-state index contributed by atoms with van der Waals surface area (Å²) < 4.78 is 0. The van der Waals surface area contributed by atoms with E-state index in [1.807, 2.05) is 56.5 Å². The van der Waals surface area contributed by atoms with Crippen LogP contribution in [-0.4, -0.2) is 23.5 Å². The molecule has 4 nitrogen and oxygen atoms in total. The predicted octanol–water partition coefficient (Wildman–Crippen LogP) is 2.84. The Hall–Kier alpha value is -1.72. The molecule has 0 saturated heterocycles. The SMILES string of the molecule is CC(C)(C)[C@H](N)C(=O)NCCc1csc(-c2ccccc2)n1. The number of nitrogens with one attached hydrogen (secondary N) is 1. The monoisotopic (exact) mass is 317 g/mol. The Bertz CT molecular complexity index is 616. The third kappa shape index (κ3) is 4.39. The molecule has 0 fully saturated rings. The molecule has 1 atom stereocenters. The molecule has 1 amide bonds. The maximum atomic E-state index is 12.0. The lowest BCUT2D eigenvalue weighted by Gasteiger charge is -2.25. The van der Waals surface area contributed by atoms with E-state index in [-0.39, 0.29) is 11.3 Å². The molecule has 1 aromatic heterocycles. The van der Waals surface area contributed by atoms with Gasteiger partial charge in [-0.3, -0.25) is 4.79 Å². The molecule has 0 aliphatic rings. The lowest BCUT2D eigenvalue weighted by atomic mass is 9.87. The van der Waals surface area contributed by atoms with Crippen LogP contribution in [0.2, 0.25) is 0 Å². The van der Waals surface area contributed by atoms with Crippen molar-refractivity contribution >= 4 is 17.2 Å². The van der Waals surface area contributed by atoms with Crippen molar-refractivity contribution in [3.8, 4) is 10.6 Å². The summed E-state index contributed by atoms with van der Waals surface area (Å²) in [7, 11) is 0. The highest BCUT2D eigenvalue weighted by atomic mass is 32.1. The predicted molar refractivity (Wildman–Crippen MR) is 91.7 cm³/mol. The van der Waals surface area contributed by atoms with Gasteiger partial charge in [0.05, 0.1) is 11.7 Å². The number of thiazole rings is 1. The number of nitrogens with zero attached hydrogens (tertiary/aromatic N) is 1. The van der Waals surface area contributed by atoms with Crippen LogP contribution in [0.5, 0.6) is 0 Å². The van der Waals surface area contributed by atoms with Gasteiger partial charge in [0, 0.05) is 23.9 Å². The quantitative estimate of drug-likeness (QED) is 0.891. The topological polar surface area (TPSA) is 68.0 Å². The van der Waals surface area contributed by atoms with Crippen LogP contribution in [0, 0.1) is 5.41 Å². The van der Waals surface area contributed by atoms with Crippen LogP contribution in [0.15, 0.2) is 35.7 Å². The summed E-state index contributed by atoms with van der Waals surface area (Å²) in [5, 5.41) is 5.93. The highest BCUT2D eigenvalue weighted by Crippen LogP contribution is 2.23. The molecular weight excluding hydrogens is 294 g/mol. The highest BCUT2D eigenvalue weighted by Gasteiger charge is 2.26. The van der Waals surface area contributed by atoms with Crippen molar-refractivity contribution in [3.05, 3.63) is 41.4 Å². The molecule has 0 bridgehead atoms. The first-order valence-electron chi connectivity index (χ1n) is 7.41. The van der Waals surface area contributed by atoms with E-state index in [1.165, 1.54) is 0 Å². The summed E-state index contributed by atoms with van der Waals surface area (Å²) in [6, 6.07) is 9.60. The number of amides is 1. The number of hydrogen-bond donors (Lipinski definition) is 2. The number of benzene rings is 1. The molecule has 1 heterocycles. The lowest BCUT2D eigenvalue weighted by molar-refractivity contribution is -0.124. The summed E-state index contributed by atoms with van der Waals surface area (Å²) in [5.74, 6) is -0.106.